The van der Waals surface area contributed by atoms with E-state index in [4.69, 9.17) is 0 Å². The number of pyridine rings is 1. The smallest absolute Gasteiger partial charge is 0.255 e. The molecule has 2 heterocycles. The van der Waals surface area contributed by atoms with Crippen LogP contribution in [0.15, 0.2) is 18.3 Å². The van der Waals surface area contributed by atoms with E-state index >= 15 is 0 Å². The van der Waals surface area contributed by atoms with Gasteiger partial charge in [0.15, 0.2) is 0 Å². The van der Waals surface area contributed by atoms with E-state index in [-0.39, 0.29) is 12.0 Å². The molecule has 0 radical (unpaired) electrons. The second-order valence-electron chi connectivity index (χ2n) is 8.09. The number of carbonyl (C=O) groups is 1. The van der Waals surface area contributed by atoms with Gasteiger partial charge in [-0.05, 0) is 62.5 Å². The van der Waals surface area contributed by atoms with Gasteiger partial charge in [-0.3, -0.25) is 4.79 Å². The normalized spacial score (nSPS) is 24.5. The summed E-state index contributed by atoms with van der Waals surface area (Å²) in [6.45, 7) is 4.81. The molecule has 0 bridgehead atoms. The molecule has 2 atom stereocenters. The highest BCUT2D eigenvalue weighted by molar-refractivity contribution is 5.94. The standard InChI is InChI=1S/C21H33N3O2/c1-16-10-13-24(14-11-16)21(26)18-8-9-20(23-15-18)22-12-4-6-17-5-2-3-7-19(17)25/h8-9,15-17,19,25H,2-7,10-14H2,1H3,(H,22,23). The van der Waals surface area contributed by atoms with Crippen LogP contribution in [0.1, 0.15) is 68.6 Å². The fourth-order valence-corrected chi connectivity index (χ4v) is 4.12. The van der Waals surface area contributed by atoms with Crippen LogP contribution in [0.2, 0.25) is 0 Å². The summed E-state index contributed by atoms with van der Waals surface area (Å²) in [6.07, 6.45) is 10.4. The van der Waals surface area contributed by atoms with Crippen LogP contribution >= 0.6 is 0 Å². The molecule has 1 aliphatic heterocycles. The number of aliphatic hydroxyl groups is 1. The zero-order chi connectivity index (χ0) is 18.4. The van der Waals surface area contributed by atoms with Gasteiger partial charge in [-0.25, -0.2) is 4.98 Å². The van der Waals surface area contributed by atoms with Gasteiger partial charge < -0.3 is 15.3 Å². The van der Waals surface area contributed by atoms with Crippen LogP contribution in [-0.4, -0.2) is 46.6 Å². The summed E-state index contributed by atoms with van der Waals surface area (Å²) in [5, 5.41) is 13.4. The second-order valence-corrected chi connectivity index (χ2v) is 8.09. The first-order chi connectivity index (χ1) is 12.6. The van der Waals surface area contributed by atoms with Crippen molar-refractivity contribution in [1.29, 1.82) is 0 Å². The molecule has 1 aromatic rings. The van der Waals surface area contributed by atoms with Gasteiger partial charge in [0, 0.05) is 25.8 Å². The van der Waals surface area contributed by atoms with E-state index in [0.717, 1.165) is 69.9 Å². The van der Waals surface area contributed by atoms with Crippen molar-refractivity contribution in [2.45, 2.75) is 64.4 Å². The lowest BCUT2D eigenvalue weighted by molar-refractivity contribution is 0.0647. The van der Waals surface area contributed by atoms with E-state index in [1.54, 1.807) is 6.20 Å². The molecule has 26 heavy (non-hydrogen) atoms. The number of hydrogen-bond acceptors (Lipinski definition) is 4. The molecular formula is C21H33N3O2. The van der Waals surface area contributed by atoms with Gasteiger partial charge >= 0.3 is 0 Å². The molecule has 1 aromatic heterocycles. The van der Waals surface area contributed by atoms with Crippen molar-refractivity contribution in [1.82, 2.24) is 9.88 Å². The summed E-state index contributed by atoms with van der Waals surface area (Å²) in [5.74, 6) is 2.10. The number of piperidine rings is 1. The minimum atomic E-state index is -0.107. The Balaban J connectivity index is 1.40. The zero-order valence-corrected chi connectivity index (χ0v) is 16.0. The number of carbonyl (C=O) groups excluding carboxylic acids is 1. The molecule has 1 saturated carbocycles. The van der Waals surface area contributed by atoms with Crippen LogP contribution in [-0.2, 0) is 0 Å². The lowest BCUT2D eigenvalue weighted by Gasteiger charge is -2.30. The highest BCUT2D eigenvalue weighted by atomic mass is 16.3. The number of rotatable bonds is 6. The van der Waals surface area contributed by atoms with Crippen LogP contribution in [0.3, 0.4) is 0 Å². The van der Waals surface area contributed by atoms with Crippen molar-refractivity contribution in [3.8, 4) is 0 Å². The Morgan fingerprint density at radius 3 is 2.69 bits per heavy atom. The van der Waals surface area contributed by atoms with Crippen LogP contribution in [0, 0.1) is 11.8 Å². The second kappa shape index (κ2) is 9.36. The average Bonchev–Trinajstić information content (AvgIpc) is 2.67. The van der Waals surface area contributed by atoms with Gasteiger partial charge in [-0.2, -0.15) is 0 Å². The van der Waals surface area contributed by atoms with Crippen molar-refractivity contribution < 1.29 is 9.90 Å². The molecule has 1 saturated heterocycles. The lowest BCUT2D eigenvalue weighted by Crippen LogP contribution is -2.37. The SMILES string of the molecule is CC1CCN(C(=O)c2ccc(NCCCC3CCCCC3O)nc2)CC1. The lowest BCUT2D eigenvalue weighted by atomic mass is 9.83. The Labute approximate surface area is 157 Å². The molecule has 144 valence electrons. The first-order valence-corrected chi connectivity index (χ1v) is 10.3. The molecule has 3 rings (SSSR count). The Hall–Kier alpha value is -1.62. The third-order valence-corrected chi connectivity index (χ3v) is 6.01. The monoisotopic (exact) mass is 359 g/mol. The highest BCUT2D eigenvalue weighted by Gasteiger charge is 2.23. The van der Waals surface area contributed by atoms with Crippen molar-refractivity contribution in [2.24, 2.45) is 11.8 Å². The predicted molar refractivity (Wildman–Crippen MR) is 104 cm³/mol. The largest absolute Gasteiger partial charge is 0.393 e. The number of aliphatic hydroxyl groups excluding tert-OH is 1. The maximum atomic E-state index is 12.5. The first kappa shape index (κ1) is 19.2. The van der Waals surface area contributed by atoms with Gasteiger partial charge in [-0.1, -0.05) is 19.8 Å². The number of hydrogen-bond donors (Lipinski definition) is 2. The Morgan fingerprint density at radius 2 is 2.00 bits per heavy atom. The molecule has 2 fully saturated rings. The Morgan fingerprint density at radius 1 is 1.23 bits per heavy atom. The first-order valence-electron chi connectivity index (χ1n) is 10.3. The van der Waals surface area contributed by atoms with Gasteiger partial charge in [0.25, 0.3) is 5.91 Å². The number of aromatic nitrogens is 1. The molecule has 1 aliphatic carbocycles. The summed E-state index contributed by atoms with van der Waals surface area (Å²) >= 11 is 0. The zero-order valence-electron chi connectivity index (χ0n) is 16.0. The van der Waals surface area contributed by atoms with E-state index in [2.05, 4.69) is 17.2 Å². The number of nitrogens with one attached hydrogen (secondary N) is 1. The van der Waals surface area contributed by atoms with E-state index in [1.807, 2.05) is 17.0 Å². The van der Waals surface area contributed by atoms with E-state index in [9.17, 15) is 9.90 Å². The minimum absolute atomic E-state index is 0.0993. The van der Waals surface area contributed by atoms with Crippen LogP contribution in [0.5, 0.6) is 0 Å². The summed E-state index contributed by atoms with van der Waals surface area (Å²) in [6, 6.07) is 3.77. The molecule has 0 aromatic carbocycles. The third-order valence-electron chi connectivity index (χ3n) is 6.01. The summed E-state index contributed by atoms with van der Waals surface area (Å²) in [7, 11) is 0. The third kappa shape index (κ3) is 5.19. The summed E-state index contributed by atoms with van der Waals surface area (Å²) < 4.78 is 0. The van der Waals surface area contributed by atoms with Gasteiger partial charge in [0.2, 0.25) is 0 Å². The molecule has 2 aliphatic rings. The molecule has 2 N–H and O–H groups in total. The molecule has 5 heteroatoms. The summed E-state index contributed by atoms with van der Waals surface area (Å²) in [5.41, 5.74) is 0.676. The average molecular weight is 360 g/mol. The molecular weight excluding hydrogens is 326 g/mol. The molecule has 0 spiro atoms. The molecule has 1 amide bonds. The number of amides is 1. The fourth-order valence-electron chi connectivity index (χ4n) is 4.12. The number of likely N-dealkylation sites (tertiary alicyclic amines) is 1. The van der Waals surface area contributed by atoms with E-state index in [0.29, 0.717) is 11.5 Å². The quantitative estimate of drug-likeness (QED) is 0.760. The van der Waals surface area contributed by atoms with E-state index in [1.165, 1.54) is 12.8 Å². The van der Waals surface area contributed by atoms with Crippen LogP contribution in [0.25, 0.3) is 0 Å². The van der Waals surface area contributed by atoms with E-state index < -0.39 is 0 Å². The highest BCUT2D eigenvalue weighted by Crippen LogP contribution is 2.27. The maximum absolute atomic E-state index is 12.5. The topological polar surface area (TPSA) is 65.5 Å². The van der Waals surface area contributed by atoms with Gasteiger partial charge in [-0.15, -0.1) is 0 Å². The predicted octanol–water partition coefficient (Wildman–Crippen LogP) is 3.70. The van der Waals surface area contributed by atoms with Gasteiger partial charge in [0.1, 0.15) is 5.82 Å². The Kier molecular flexibility index (Phi) is 6.89. The van der Waals surface area contributed by atoms with Crippen LogP contribution < -0.4 is 5.32 Å². The van der Waals surface area contributed by atoms with Crippen LogP contribution in [0.4, 0.5) is 5.82 Å². The van der Waals surface area contributed by atoms with Gasteiger partial charge in [0.05, 0.1) is 11.7 Å². The molecule has 5 nitrogen and oxygen atoms in total. The van der Waals surface area contributed by atoms with Crippen molar-refractivity contribution in [3.63, 3.8) is 0 Å². The maximum Gasteiger partial charge on any atom is 0.255 e. The molecule has 2 unspecified atom stereocenters. The Bertz CT molecular complexity index is 567. The fraction of sp³-hybridized carbons (Fsp3) is 0.714. The number of nitrogens with zero attached hydrogens (tertiary/aromatic N) is 2. The van der Waals surface area contributed by atoms with Crippen molar-refractivity contribution >= 4 is 11.7 Å². The minimum Gasteiger partial charge on any atom is -0.393 e. The number of anilines is 1. The summed E-state index contributed by atoms with van der Waals surface area (Å²) in [4.78, 5) is 18.9. The van der Waals surface area contributed by atoms with Crippen molar-refractivity contribution in [3.05, 3.63) is 23.9 Å². The van der Waals surface area contributed by atoms with Crippen molar-refractivity contribution in [2.75, 3.05) is 25.0 Å².